The van der Waals surface area contributed by atoms with Crippen molar-refractivity contribution in [2.75, 3.05) is 21.3 Å². The molecule has 0 unspecified atom stereocenters. The maximum Gasteiger partial charge on any atom is 0.310 e. The van der Waals surface area contributed by atoms with Gasteiger partial charge in [-0.25, -0.2) is 0 Å². The van der Waals surface area contributed by atoms with Crippen molar-refractivity contribution in [1.29, 1.82) is 0 Å². The van der Waals surface area contributed by atoms with Crippen LogP contribution in [0, 0.1) is 6.92 Å². The summed E-state index contributed by atoms with van der Waals surface area (Å²) in [5.41, 5.74) is 0.698. The lowest BCUT2D eigenvalue weighted by atomic mass is 10.1. The Morgan fingerprint density at radius 3 is 2.17 bits per heavy atom. The maximum atomic E-state index is 12.1. The molecule has 2 rings (SSSR count). The Morgan fingerprint density at radius 2 is 1.71 bits per heavy atom. The molecule has 130 valence electrons. The second-order valence-electron chi connectivity index (χ2n) is 5.09. The van der Waals surface area contributed by atoms with Gasteiger partial charge in [-0.3, -0.25) is 4.79 Å². The van der Waals surface area contributed by atoms with Crippen LogP contribution in [-0.4, -0.2) is 42.1 Å². The third-order valence-corrected chi connectivity index (χ3v) is 3.62. The van der Waals surface area contributed by atoms with Crippen LogP contribution in [0.4, 0.5) is 0 Å². The number of carbonyl (C=O) groups is 1. The number of carbonyl (C=O) groups excluding carboxylic acids is 1. The topological polar surface area (TPSA) is 84.7 Å². The number of aromatic nitrogens is 3. The maximum absolute atomic E-state index is 12.1. The van der Waals surface area contributed by atoms with E-state index in [1.54, 1.807) is 16.7 Å². The summed E-state index contributed by atoms with van der Waals surface area (Å²) in [4.78, 5) is 12.1. The normalized spacial score (nSPS) is 10.4. The summed E-state index contributed by atoms with van der Waals surface area (Å²) in [7, 11) is 6.39. The Bertz CT molecular complexity index is 701. The van der Waals surface area contributed by atoms with Gasteiger partial charge in [-0.05, 0) is 24.6 Å². The predicted molar refractivity (Wildman–Crippen MR) is 85.3 cm³/mol. The van der Waals surface area contributed by atoms with Crippen LogP contribution in [0.2, 0.25) is 0 Å². The molecule has 0 radical (unpaired) electrons. The van der Waals surface area contributed by atoms with Gasteiger partial charge in [0.1, 0.15) is 5.82 Å². The van der Waals surface area contributed by atoms with Crippen molar-refractivity contribution < 1.29 is 23.7 Å². The standard InChI is InChI=1S/C16H21N3O5/c1-10-17-18-14(19(10)2)9-24-15(20)8-11-6-12(21-3)16(23-5)13(7-11)22-4/h6-7H,8-9H2,1-5H3. The predicted octanol–water partition coefficient (Wildman–Crippen LogP) is 1.44. The molecule has 0 bridgehead atoms. The minimum atomic E-state index is -0.384. The summed E-state index contributed by atoms with van der Waals surface area (Å²) in [5.74, 6) is 2.42. The summed E-state index contributed by atoms with van der Waals surface area (Å²) in [6.07, 6.45) is 0.0769. The summed E-state index contributed by atoms with van der Waals surface area (Å²) < 4.78 is 22.8. The molecule has 0 aliphatic carbocycles. The molecule has 1 aromatic carbocycles. The molecule has 0 N–H and O–H groups in total. The Balaban J connectivity index is 2.07. The van der Waals surface area contributed by atoms with E-state index in [0.717, 1.165) is 5.82 Å². The quantitative estimate of drug-likeness (QED) is 0.708. The van der Waals surface area contributed by atoms with E-state index in [2.05, 4.69) is 10.2 Å². The highest BCUT2D eigenvalue weighted by atomic mass is 16.5. The first kappa shape index (κ1) is 17.6. The van der Waals surface area contributed by atoms with Crippen molar-refractivity contribution in [3.8, 4) is 17.2 Å². The van der Waals surface area contributed by atoms with Gasteiger partial charge in [-0.2, -0.15) is 0 Å². The van der Waals surface area contributed by atoms with E-state index >= 15 is 0 Å². The van der Waals surface area contributed by atoms with Gasteiger partial charge in [-0.1, -0.05) is 0 Å². The first-order valence-electron chi connectivity index (χ1n) is 7.29. The summed E-state index contributed by atoms with van der Waals surface area (Å²) in [6.45, 7) is 1.90. The lowest BCUT2D eigenvalue weighted by Gasteiger charge is -2.14. The molecule has 0 amide bonds. The first-order valence-corrected chi connectivity index (χ1v) is 7.29. The third kappa shape index (κ3) is 3.76. The van der Waals surface area contributed by atoms with Crippen LogP contribution in [0.5, 0.6) is 17.2 Å². The van der Waals surface area contributed by atoms with Gasteiger partial charge in [0, 0.05) is 7.05 Å². The van der Waals surface area contributed by atoms with Gasteiger partial charge in [0.25, 0.3) is 0 Å². The fourth-order valence-electron chi connectivity index (χ4n) is 2.18. The number of methoxy groups -OCH3 is 3. The van der Waals surface area contributed by atoms with Crippen molar-refractivity contribution in [1.82, 2.24) is 14.8 Å². The number of aryl methyl sites for hydroxylation is 1. The molecule has 8 heteroatoms. The van der Waals surface area contributed by atoms with Crippen LogP contribution < -0.4 is 14.2 Å². The fourth-order valence-corrected chi connectivity index (χ4v) is 2.18. The highest BCUT2D eigenvalue weighted by Gasteiger charge is 2.16. The van der Waals surface area contributed by atoms with E-state index in [0.29, 0.717) is 28.6 Å². The molecule has 8 nitrogen and oxygen atoms in total. The Morgan fingerprint density at radius 1 is 1.08 bits per heavy atom. The van der Waals surface area contributed by atoms with Crippen molar-refractivity contribution in [2.24, 2.45) is 7.05 Å². The lowest BCUT2D eigenvalue weighted by molar-refractivity contribution is -0.144. The van der Waals surface area contributed by atoms with E-state index < -0.39 is 0 Å². The minimum absolute atomic E-state index is 0.0700. The minimum Gasteiger partial charge on any atom is -0.493 e. The monoisotopic (exact) mass is 335 g/mol. The third-order valence-electron chi connectivity index (χ3n) is 3.62. The molecule has 24 heavy (non-hydrogen) atoms. The van der Waals surface area contributed by atoms with Crippen molar-refractivity contribution in [3.63, 3.8) is 0 Å². The Kier molecular flexibility index (Phi) is 5.62. The highest BCUT2D eigenvalue weighted by molar-refractivity contribution is 5.73. The van der Waals surface area contributed by atoms with E-state index in [1.807, 2.05) is 14.0 Å². The van der Waals surface area contributed by atoms with E-state index in [1.165, 1.54) is 21.3 Å². The molecule has 0 spiro atoms. The smallest absolute Gasteiger partial charge is 0.310 e. The van der Waals surface area contributed by atoms with Crippen LogP contribution in [-0.2, 0) is 29.6 Å². The Labute approximate surface area is 140 Å². The van der Waals surface area contributed by atoms with Gasteiger partial charge < -0.3 is 23.5 Å². The molecule has 1 aromatic heterocycles. The molecule has 0 aliphatic rings. The molecule has 0 saturated heterocycles. The molecular weight excluding hydrogens is 314 g/mol. The van der Waals surface area contributed by atoms with Gasteiger partial charge in [0.05, 0.1) is 27.8 Å². The van der Waals surface area contributed by atoms with Crippen molar-refractivity contribution in [3.05, 3.63) is 29.3 Å². The second-order valence-corrected chi connectivity index (χ2v) is 5.09. The number of hydrogen-bond acceptors (Lipinski definition) is 7. The second kappa shape index (κ2) is 7.67. The molecule has 0 aliphatic heterocycles. The van der Waals surface area contributed by atoms with Crippen LogP contribution >= 0.6 is 0 Å². The SMILES string of the molecule is COc1cc(CC(=O)OCc2nnc(C)n2C)cc(OC)c1OC. The number of hydrogen-bond donors (Lipinski definition) is 0. The molecule has 1 heterocycles. The number of rotatable bonds is 7. The zero-order valence-corrected chi connectivity index (χ0v) is 14.5. The van der Waals surface area contributed by atoms with Gasteiger partial charge in [-0.15, -0.1) is 10.2 Å². The largest absolute Gasteiger partial charge is 0.493 e. The molecule has 2 aromatic rings. The van der Waals surface area contributed by atoms with Crippen molar-refractivity contribution >= 4 is 5.97 Å². The van der Waals surface area contributed by atoms with Gasteiger partial charge in [0.15, 0.2) is 23.9 Å². The average Bonchev–Trinajstić information content (AvgIpc) is 2.90. The number of nitrogens with zero attached hydrogens (tertiary/aromatic N) is 3. The molecule has 0 fully saturated rings. The number of benzene rings is 1. The zero-order chi connectivity index (χ0) is 17.7. The average molecular weight is 335 g/mol. The van der Waals surface area contributed by atoms with Crippen LogP contribution in [0.3, 0.4) is 0 Å². The van der Waals surface area contributed by atoms with Crippen LogP contribution in [0.1, 0.15) is 17.2 Å². The number of ether oxygens (including phenoxy) is 4. The molecule has 0 atom stereocenters. The zero-order valence-electron chi connectivity index (χ0n) is 14.5. The molecular formula is C16H21N3O5. The van der Waals surface area contributed by atoms with E-state index in [-0.39, 0.29) is 19.0 Å². The van der Waals surface area contributed by atoms with Gasteiger partial charge >= 0.3 is 5.97 Å². The van der Waals surface area contributed by atoms with Crippen molar-refractivity contribution in [2.45, 2.75) is 20.0 Å². The first-order chi connectivity index (χ1) is 11.5. The summed E-state index contributed by atoms with van der Waals surface area (Å²) in [5, 5.41) is 7.87. The summed E-state index contributed by atoms with van der Waals surface area (Å²) in [6, 6.07) is 3.43. The molecule has 0 saturated carbocycles. The Hall–Kier alpha value is -2.77. The van der Waals surface area contributed by atoms with E-state index in [4.69, 9.17) is 18.9 Å². The summed E-state index contributed by atoms with van der Waals surface area (Å²) >= 11 is 0. The van der Waals surface area contributed by atoms with Crippen LogP contribution in [0.25, 0.3) is 0 Å². The fraction of sp³-hybridized carbons (Fsp3) is 0.438. The van der Waals surface area contributed by atoms with E-state index in [9.17, 15) is 4.79 Å². The number of esters is 1. The highest BCUT2D eigenvalue weighted by Crippen LogP contribution is 2.38. The lowest BCUT2D eigenvalue weighted by Crippen LogP contribution is -2.11. The van der Waals surface area contributed by atoms with Gasteiger partial charge in [0.2, 0.25) is 5.75 Å². The van der Waals surface area contributed by atoms with Crippen LogP contribution in [0.15, 0.2) is 12.1 Å².